The van der Waals surface area contributed by atoms with Crippen molar-refractivity contribution in [2.45, 2.75) is 12.2 Å². The monoisotopic (exact) mass is 280 g/mol. The maximum Gasteiger partial charge on any atom is 0.241 e. The summed E-state index contributed by atoms with van der Waals surface area (Å²) in [6, 6.07) is 3.16. The second kappa shape index (κ2) is 4.92. The van der Waals surface area contributed by atoms with E-state index in [-0.39, 0.29) is 4.99 Å². The van der Waals surface area contributed by atoms with Crippen LogP contribution >= 0.6 is 12.2 Å². The first kappa shape index (κ1) is 13.8. The Morgan fingerprint density at radius 1 is 1.47 bits per heavy atom. The molecule has 17 heavy (non-hydrogen) atoms. The highest BCUT2D eigenvalue weighted by molar-refractivity contribution is 7.95. The van der Waals surface area contributed by atoms with Gasteiger partial charge in [-0.3, -0.25) is 4.72 Å². The molecule has 0 radical (unpaired) electrons. The number of nitrogens with one attached hydrogen (secondary N) is 1. The Bertz CT molecular complexity index is 546. The van der Waals surface area contributed by atoms with Crippen LogP contribution in [0, 0.1) is 11.6 Å². The van der Waals surface area contributed by atoms with E-state index < -0.39 is 32.6 Å². The van der Waals surface area contributed by atoms with Gasteiger partial charge >= 0.3 is 0 Å². The molecule has 4 nitrogen and oxygen atoms in total. The highest BCUT2D eigenvalue weighted by atomic mass is 32.2. The van der Waals surface area contributed by atoms with Gasteiger partial charge < -0.3 is 5.73 Å². The molecule has 94 valence electrons. The van der Waals surface area contributed by atoms with Gasteiger partial charge in [-0.1, -0.05) is 18.3 Å². The molecular formula is C9H10F2N2O2S2. The summed E-state index contributed by atoms with van der Waals surface area (Å²) in [7, 11) is -3.97. The van der Waals surface area contributed by atoms with E-state index in [1.165, 1.54) is 13.0 Å². The molecule has 1 aromatic rings. The first-order chi connectivity index (χ1) is 7.75. The molecule has 0 aliphatic rings. The molecule has 0 aliphatic carbocycles. The Kier molecular flexibility index (Phi) is 3.99. The summed E-state index contributed by atoms with van der Waals surface area (Å²) in [6.07, 6.45) is 0. The van der Waals surface area contributed by atoms with E-state index in [1.54, 1.807) is 0 Å². The van der Waals surface area contributed by atoms with Gasteiger partial charge in [0.25, 0.3) is 0 Å². The summed E-state index contributed by atoms with van der Waals surface area (Å²) in [4.78, 5) is -0.255. The van der Waals surface area contributed by atoms with Crippen LogP contribution in [0.25, 0.3) is 0 Å². The van der Waals surface area contributed by atoms with Crippen molar-refractivity contribution in [3.8, 4) is 0 Å². The Morgan fingerprint density at radius 2 is 2.06 bits per heavy atom. The number of benzene rings is 1. The van der Waals surface area contributed by atoms with Gasteiger partial charge in [-0.15, -0.1) is 0 Å². The third-order valence-corrected chi connectivity index (χ3v) is 4.26. The Hall–Kier alpha value is -1.28. The summed E-state index contributed by atoms with van der Waals surface area (Å²) in [5.41, 5.74) is 4.71. The van der Waals surface area contributed by atoms with Crippen LogP contribution in [0.3, 0.4) is 0 Å². The molecule has 1 rings (SSSR count). The fraction of sp³-hybridized carbons (Fsp3) is 0.222. The third-order valence-electron chi connectivity index (χ3n) is 2.07. The van der Waals surface area contributed by atoms with E-state index in [2.05, 4.69) is 12.2 Å². The standard InChI is InChI=1S/C9H10F2N2O2S2/c1-5(9(12)16)17(14,15)13-7-4-2-3-6(10)8(7)11/h2-5,13H,1H3,(H2,12,16). The van der Waals surface area contributed by atoms with Gasteiger partial charge in [0.2, 0.25) is 10.0 Å². The highest BCUT2D eigenvalue weighted by Crippen LogP contribution is 2.19. The Morgan fingerprint density at radius 3 is 2.59 bits per heavy atom. The number of thiocarbonyl (C=S) groups is 1. The van der Waals surface area contributed by atoms with Crippen LogP contribution in [0.5, 0.6) is 0 Å². The van der Waals surface area contributed by atoms with E-state index in [9.17, 15) is 17.2 Å². The number of rotatable bonds is 4. The van der Waals surface area contributed by atoms with Gasteiger partial charge in [0.15, 0.2) is 11.6 Å². The van der Waals surface area contributed by atoms with Gasteiger partial charge in [-0.05, 0) is 19.1 Å². The van der Waals surface area contributed by atoms with Crippen molar-refractivity contribution in [2.24, 2.45) is 5.73 Å². The van der Waals surface area contributed by atoms with Gasteiger partial charge in [0.1, 0.15) is 5.25 Å². The average Bonchev–Trinajstić information content (AvgIpc) is 2.23. The van der Waals surface area contributed by atoms with Crippen molar-refractivity contribution in [1.82, 2.24) is 0 Å². The van der Waals surface area contributed by atoms with Crippen molar-refractivity contribution in [3.63, 3.8) is 0 Å². The molecule has 0 aromatic heterocycles. The zero-order valence-corrected chi connectivity index (χ0v) is 10.4. The number of anilines is 1. The van der Waals surface area contributed by atoms with E-state index in [0.717, 1.165) is 12.1 Å². The summed E-state index contributed by atoms with van der Waals surface area (Å²) in [5.74, 6) is -2.42. The van der Waals surface area contributed by atoms with Crippen molar-refractivity contribution in [1.29, 1.82) is 0 Å². The van der Waals surface area contributed by atoms with Crippen LogP contribution in [0.15, 0.2) is 18.2 Å². The fourth-order valence-corrected chi connectivity index (χ4v) is 2.30. The molecule has 0 fully saturated rings. The SMILES string of the molecule is CC(C(N)=S)S(=O)(=O)Nc1cccc(F)c1F. The first-order valence-electron chi connectivity index (χ1n) is 4.50. The van der Waals surface area contributed by atoms with Crippen molar-refractivity contribution >= 4 is 32.9 Å². The molecule has 0 heterocycles. The van der Waals surface area contributed by atoms with Crippen LogP contribution in [0.2, 0.25) is 0 Å². The maximum atomic E-state index is 13.2. The average molecular weight is 280 g/mol. The molecule has 0 amide bonds. The zero-order chi connectivity index (χ0) is 13.2. The van der Waals surface area contributed by atoms with E-state index >= 15 is 0 Å². The molecule has 0 aliphatic heterocycles. The van der Waals surface area contributed by atoms with Crippen LogP contribution in [-0.2, 0) is 10.0 Å². The Labute approximate surface area is 103 Å². The summed E-state index contributed by atoms with van der Waals surface area (Å²) in [5, 5.41) is -1.18. The van der Waals surface area contributed by atoms with E-state index in [4.69, 9.17) is 5.73 Å². The number of hydrogen-bond donors (Lipinski definition) is 2. The van der Waals surface area contributed by atoms with Crippen molar-refractivity contribution in [2.75, 3.05) is 4.72 Å². The molecule has 1 aromatic carbocycles. The number of sulfonamides is 1. The predicted octanol–water partition coefficient (Wildman–Crippen LogP) is 1.38. The first-order valence-corrected chi connectivity index (χ1v) is 6.46. The zero-order valence-electron chi connectivity index (χ0n) is 8.78. The predicted molar refractivity (Wildman–Crippen MR) is 65.1 cm³/mol. The van der Waals surface area contributed by atoms with Gasteiger partial charge in [-0.2, -0.15) is 0 Å². The lowest BCUT2D eigenvalue weighted by molar-refractivity contribution is 0.511. The van der Waals surface area contributed by atoms with Crippen molar-refractivity contribution < 1.29 is 17.2 Å². The molecule has 0 saturated carbocycles. The van der Waals surface area contributed by atoms with Crippen molar-refractivity contribution in [3.05, 3.63) is 29.8 Å². The lowest BCUT2D eigenvalue weighted by Crippen LogP contribution is -2.35. The van der Waals surface area contributed by atoms with Crippen LogP contribution < -0.4 is 10.5 Å². The highest BCUT2D eigenvalue weighted by Gasteiger charge is 2.24. The van der Waals surface area contributed by atoms with Crippen LogP contribution in [-0.4, -0.2) is 18.7 Å². The van der Waals surface area contributed by atoms with Gasteiger partial charge in [0.05, 0.1) is 10.7 Å². The Balaban J connectivity index is 3.07. The number of nitrogens with two attached hydrogens (primary N) is 1. The molecule has 3 N–H and O–H groups in total. The van der Waals surface area contributed by atoms with Crippen LogP contribution in [0.1, 0.15) is 6.92 Å². The molecule has 0 saturated heterocycles. The smallest absolute Gasteiger partial charge is 0.241 e. The third kappa shape index (κ3) is 3.10. The normalized spacial score (nSPS) is 13.1. The lowest BCUT2D eigenvalue weighted by Gasteiger charge is -2.13. The second-order valence-electron chi connectivity index (χ2n) is 3.29. The van der Waals surface area contributed by atoms with E-state index in [0.29, 0.717) is 0 Å². The summed E-state index contributed by atoms with van der Waals surface area (Å²) in [6.45, 7) is 1.25. The minimum Gasteiger partial charge on any atom is -0.392 e. The summed E-state index contributed by atoms with van der Waals surface area (Å²) < 4.78 is 51.3. The lowest BCUT2D eigenvalue weighted by atomic mass is 10.3. The molecule has 1 atom stereocenters. The molecule has 0 spiro atoms. The minimum atomic E-state index is -3.97. The second-order valence-corrected chi connectivity index (χ2v) is 5.77. The number of hydrogen-bond acceptors (Lipinski definition) is 3. The van der Waals surface area contributed by atoms with Gasteiger partial charge in [-0.25, -0.2) is 17.2 Å². The number of halogens is 2. The summed E-state index contributed by atoms with van der Waals surface area (Å²) >= 11 is 4.53. The van der Waals surface area contributed by atoms with Crippen LogP contribution in [0.4, 0.5) is 14.5 Å². The fourth-order valence-electron chi connectivity index (χ4n) is 0.977. The maximum absolute atomic E-state index is 13.2. The molecule has 8 heteroatoms. The molecular weight excluding hydrogens is 270 g/mol. The minimum absolute atomic E-state index is 0.255. The topological polar surface area (TPSA) is 72.2 Å². The largest absolute Gasteiger partial charge is 0.392 e. The molecule has 0 bridgehead atoms. The molecule has 1 unspecified atom stereocenters. The van der Waals surface area contributed by atoms with E-state index in [1.807, 2.05) is 4.72 Å². The quantitative estimate of drug-likeness (QED) is 0.817. The van der Waals surface area contributed by atoms with Gasteiger partial charge in [0, 0.05) is 0 Å².